The first-order chi connectivity index (χ1) is 14.2. The van der Waals surface area contributed by atoms with E-state index < -0.39 is 5.91 Å². The lowest BCUT2D eigenvalue weighted by Gasteiger charge is -2.02. The van der Waals surface area contributed by atoms with Gasteiger partial charge < -0.3 is 5.11 Å². The smallest absolute Gasteiger partial charge is 0.275 e. The van der Waals surface area contributed by atoms with Crippen molar-refractivity contribution in [2.45, 2.75) is 0 Å². The summed E-state index contributed by atoms with van der Waals surface area (Å²) in [5.74, 6) is -0.585. The quantitative estimate of drug-likeness (QED) is 0.404. The van der Waals surface area contributed by atoms with Crippen LogP contribution in [0.25, 0.3) is 16.9 Å². The van der Waals surface area contributed by atoms with Gasteiger partial charge in [-0.2, -0.15) is 10.2 Å². The molecule has 6 heteroatoms. The summed E-state index contributed by atoms with van der Waals surface area (Å²) in [6, 6.07) is 25.8. The number of hydrazone groups is 1. The van der Waals surface area contributed by atoms with Crippen LogP contribution in [0.3, 0.4) is 0 Å². The first-order valence-corrected chi connectivity index (χ1v) is 9.04. The van der Waals surface area contributed by atoms with Gasteiger partial charge in [-0.05, 0) is 24.3 Å². The third kappa shape index (κ3) is 4.06. The number of hydrogen-bond acceptors (Lipinski definition) is 4. The molecule has 0 atom stereocenters. The number of nitrogens with one attached hydrogen (secondary N) is 1. The van der Waals surface area contributed by atoms with E-state index in [2.05, 4.69) is 10.5 Å². The van der Waals surface area contributed by atoms with Crippen molar-refractivity contribution in [1.29, 1.82) is 0 Å². The topological polar surface area (TPSA) is 79.5 Å². The molecule has 0 aliphatic rings. The zero-order valence-electron chi connectivity index (χ0n) is 15.4. The third-order valence-electron chi connectivity index (χ3n) is 4.33. The molecule has 1 amide bonds. The minimum absolute atomic E-state index is 0.0953. The molecular weight excluding hydrogens is 364 g/mol. The van der Waals surface area contributed by atoms with Crippen molar-refractivity contribution in [3.05, 3.63) is 102 Å². The highest BCUT2D eigenvalue weighted by Gasteiger charge is 2.12. The van der Waals surface area contributed by atoms with E-state index in [4.69, 9.17) is 5.10 Å². The molecule has 6 nitrogen and oxygen atoms in total. The maximum atomic E-state index is 12.2. The van der Waals surface area contributed by atoms with Gasteiger partial charge in [0.1, 0.15) is 11.4 Å². The summed E-state index contributed by atoms with van der Waals surface area (Å²) < 4.78 is 1.77. The van der Waals surface area contributed by atoms with E-state index in [1.54, 1.807) is 23.0 Å². The molecule has 1 aromatic heterocycles. The summed E-state index contributed by atoms with van der Waals surface area (Å²) in [6.45, 7) is 0. The van der Waals surface area contributed by atoms with Crippen molar-refractivity contribution >= 4 is 12.1 Å². The van der Waals surface area contributed by atoms with E-state index in [0.29, 0.717) is 0 Å². The number of rotatable bonds is 5. The number of nitrogens with zero attached hydrogens (tertiary/aromatic N) is 3. The molecular formula is C23H18N4O2. The van der Waals surface area contributed by atoms with E-state index in [9.17, 15) is 9.90 Å². The monoisotopic (exact) mass is 382 g/mol. The number of para-hydroxylation sites is 2. The molecule has 0 saturated heterocycles. The Bertz CT molecular complexity index is 1150. The van der Waals surface area contributed by atoms with Gasteiger partial charge in [-0.1, -0.05) is 60.7 Å². The molecule has 0 fully saturated rings. The van der Waals surface area contributed by atoms with E-state index in [1.165, 1.54) is 12.1 Å². The Morgan fingerprint density at radius 2 is 1.59 bits per heavy atom. The maximum Gasteiger partial charge on any atom is 0.275 e. The second kappa shape index (κ2) is 8.22. The van der Waals surface area contributed by atoms with Gasteiger partial charge in [0.2, 0.25) is 0 Å². The average Bonchev–Trinajstić information content (AvgIpc) is 3.19. The Morgan fingerprint density at radius 1 is 0.931 bits per heavy atom. The number of amides is 1. The number of benzene rings is 3. The fourth-order valence-electron chi connectivity index (χ4n) is 2.90. The van der Waals surface area contributed by atoms with Gasteiger partial charge >= 0.3 is 0 Å². The molecule has 29 heavy (non-hydrogen) atoms. The summed E-state index contributed by atoms with van der Waals surface area (Å²) in [5, 5.41) is 18.6. The lowest BCUT2D eigenvalue weighted by atomic mass is 10.1. The number of phenols is 1. The number of carbonyl (C=O) groups is 1. The molecule has 0 spiro atoms. The zero-order valence-corrected chi connectivity index (χ0v) is 15.4. The van der Waals surface area contributed by atoms with E-state index in [0.717, 1.165) is 22.5 Å². The SMILES string of the molecule is O=C(N/N=C\c1cn(-c2ccccc2)nc1-c1ccccc1)c1ccccc1O. The van der Waals surface area contributed by atoms with Gasteiger partial charge in [0.15, 0.2) is 0 Å². The van der Waals surface area contributed by atoms with Crippen molar-refractivity contribution in [1.82, 2.24) is 15.2 Å². The van der Waals surface area contributed by atoms with Crippen LogP contribution in [0.4, 0.5) is 0 Å². The van der Waals surface area contributed by atoms with Gasteiger partial charge in [-0.3, -0.25) is 4.79 Å². The summed E-state index contributed by atoms with van der Waals surface area (Å²) in [6.07, 6.45) is 3.40. The van der Waals surface area contributed by atoms with Crippen LogP contribution < -0.4 is 5.43 Å². The van der Waals surface area contributed by atoms with Crippen LogP contribution in [-0.4, -0.2) is 27.0 Å². The van der Waals surface area contributed by atoms with Gasteiger partial charge in [0.25, 0.3) is 5.91 Å². The molecule has 0 unspecified atom stereocenters. The summed E-state index contributed by atoms with van der Waals surface area (Å²) in [5.41, 5.74) is 5.96. The van der Waals surface area contributed by atoms with Crippen LogP contribution in [0.15, 0.2) is 96.2 Å². The van der Waals surface area contributed by atoms with Crippen molar-refractivity contribution in [3.8, 4) is 22.7 Å². The standard InChI is InChI=1S/C23H18N4O2/c28-21-14-8-7-13-20(21)23(29)25-24-15-18-16-27(19-11-5-2-6-12-19)26-22(18)17-9-3-1-4-10-17/h1-16,28H,(H,25,29)/b24-15-. The van der Waals surface area contributed by atoms with Gasteiger partial charge in [0, 0.05) is 17.3 Å². The maximum absolute atomic E-state index is 12.2. The predicted octanol–water partition coefficient (Wildman–Crippen LogP) is 4.01. The van der Waals surface area contributed by atoms with Crippen molar-refractivity contribution in [2.24, 2.45) is 5.10 Å². The molecule has 0 radical (unpaired) electrons. The van der Waals surface area contributed by atoms with Gasteiger partial charge in [0.05, 0.1) is 17.5 Å². The highest BCUT2D eigenvalue weighted by atomic mass is 16.3. The Kier molecular flexibility index (Phi) is 5.16. The number of phenolic OH excluding ortho intramolecular Hbond substituents is 1. The Morgan fingerprint density at radius 3 is 2.31 bits per heavy atom. The Hall–Kier alpha value is -4.19. The first kappa shape index (κ1) is 18.2. The fraction of sp³-hybridized carbons (Fsp3) is 0. The van der Waals surface area contributed by atoms with Crippen LogP contribution in [0.2, 0.25) is 0 Å². The second-order valence-corrected chi connectivity index (χ2v) is 6.30. The fourth-order valence-corrected chi connectivity index (χ4v) is 2.90. The lowest BCUT2D eigenvalue weighted by Crippen LogP contribution is -2.17. The zero-order chi connectivity index (χ0) is 20.1. The van der Waals surface area contributed by atoms with Crippen LogP contribution in [0.5, 0.6) is 5.75 Å². The average molecular weight is 382 g/mol. The molecule has 4 rings (SSSR count). The number of aromatic nitrogens is 2. The van der Waals surface area contributed by atoms with Crippen LogP contribution in [0, 0.1) is 0 Å². The molecule has 4 aromatic rings. The highest BCUT2D eigenvalue weighted by Crippen LogP contribution is 2.22. The summed E-state index contributed by atoms with van der Waals surface area (Å²) in [4.78, 5) is 12.2. The molecule has 3 aromatic carbocycles. The van der Waals surface area contributed by atoms with Crippen LogP contribution >= 0.6 is 0 Å². The molecule has 0 bridgehead atoms. The van der Waals surface area contributed by atoms with Crippen molar-refractivity contribution in [2.75, 3.05) is 0 Å². The number of hydrogen-bond donors (Lipinski definition) is 2. The van der Waals surface area contributed by atoms with Gasteiger partial charge in [-0.15, -0.1) is 0 Å². The van der Waals surface area contributed by atoms with Crippen molar-refractivity contribution in [3.63, 3.8) is 0 Å². The minimum atomic E-state index is -0.490. The van der Waals surface area contributed by atoms with Crippen LogP contribution in [0.1, 0.15) is 15.9 Å². The van der Waals surface area contributed by atoms with E-state index in [1.807, 2.05) is 66.9 Å². The molecule has 2 N–H and O–H groups in total. The Labute approximate surface area is 167 Å². The summed E-state index contributed by atoms with van der Waals surface area (Å²) >= 11 is 0. The summed E-state index contributed by atoms with van der Waals surface area (Å²) in [7, 11) is 0. The van der Waals surface area contributed by atoms with E-state index in [-0.39, 0.29) is 11.3 Å². The normalized spacial score (nSPS) is 10.9. The second-order valence-electron chi connectivity index (χ2n) is 6.30. The van der Waals surface area contributed by atoms with Crippen molar-refractivity contribution < 1.29 is 9.90 Å². The molecule has 0 aliphatic carbocycles. The molecule has 1 heterocycles. The van der Waals surface area contributed by atoms with E-state index >= 15 is 0 Å². The van der Waals surface area contributed by atoms with Crippen LogP contribution in [-0.2, 0) is 0 Å². The molecule has 142 valence electrons. The first-order valence-electron chi connectivity index (χ1n) is 9.04. The molecule has 0 aliphatic heterocycles. The lowest BCUT2D eigenvalue weighted by molar-refractivity contribution is 0.0952. The Balaban J connectivity index is 1.63. The number of carbonyl (C=O) groups excluding carboxylic acids is 1. The third-order valence-corrected chi connectivity index (χ3v) is 4.33. The predicted molar refractivity (Wildman–Crippen MR) is 112 cm³/mol. The largest absolute Gasteiger partial charge is 0.507 e. The van der Waals surface area contributed by atoms with Gasteiger partial charge in [-0.25, -0.2) is 10.1 Å². The number of aromatic hydroxyl groups is 1. The minimum Gasteiger partial charge on any atom is -0.507 e. The highest BCUT2D eigenvalue weighted by molar-refractivity contribution is 5.97. The molecule has 0 saturated carbocycles.